The molecule has 0 unspecified atom stereocenters. The van der Waals surface area contributed by atoms with Crippen LogP contribution in [0.4, 0.5) is 11.5 Å². The number of benzene rings is 1. The summed E-state index contributed by atoms with van der Waals surface area (Å²) in [6.07, 6.45) is 1.71. The summed E-state index contributed by atoms with van der Waals surface area (Å²) in [7, 11) is 0. The topological polar surface area (TPSA) is 40.7 Å². The van der Waals surface area contributed by atoms with Crippen LogP contribution >= 0.6 is 15.9 Å². The van der Waals surface area contributed by atoms with Crippen LogP contribution in [0.3, 0.4) is 0 Å². The highest BCUT2D eigenvalue weighted by molar-refractivity contribution is 9.10. The highest BCUT2D eigenvalue weighted by atomic mass is 79.9. The SMILES string of the molecule is Brc1cccc(Nc2ccn[nH]2)c1. The highest BCUT2D eigenvalue weighted by Gasteiger charge is 1.94. The Morgan fingerprint density at radius 2 is 2.23 bits per heavy atom. The Bertz CT molecular complexity index is 384. The van der Waals surface area contributed by atoms with Crippen LogP contribution in [-0.2, 0) is 0 Å². The van der Waals surface area contributed by atoms with E-state index in [1.807, 2.05) is 30.3 Å². The van der Waals surface area contributed by atoms with E-state index in [4.69, 9.17) is 0 Å². The molecule has 0 aliphatic rings. The molecule has 1 aromatic heterocycles. The molecule has 0 radical (unpaired) electrons. The number of aromatic amines is 1. The minimum atomic E-state index is 0.887. The van der Waals surface area contributed by atoms with E-state index < -0.39 is 0 Å². The second-order valence-corrected chi connectivity index (χ2v) is 3.52. The molecule has 2 aromatic rings. The van der Waals surface area contributed by atoms with Gasteiger partial charge in [0.25, 0.3) is 0 Å². The largest absolute Gasteiger partial charge is 0.341 e. The Morgan fingerprint density at radius 3 is 2.92 bits per heavy atom. The minimum Gasteiger partial charge on any atom is -0.341 e. The number of hydrogen-bond donors (Lipinski definition) is 2. The van der Waals surface area contributed by atoms with E-state index in [-0.39, 0.29) is 0 Å². The molecule has 0 saturated carbocycles. The Kier molecular flexibility index (Phi) is 2.31. The van der Waals surface area contributed by atoms with Gasteiger partial charge in [0.05, 0.1) is 6.20 Å². The van der Waals surface area contributed by atoms with E-state index in [1.165, 1.54) is 0 Å². The summed E-state index contributed by atoms with van der Waals surface area (Å²) in [6, 6.07) is 9.83. The number of hydrogen-bond acceptors (Lipinski definition) is 2. The zero-order valence-corrected chi connectivity index (χ0v) is 8.38. The second-order valence-electron chi connectivity index (χ2n) is 2.61. The average molecular weight is 238 g/mol. The van der Waals surface area contributed by atoms with E-state index in [0.717, 1.165) is 16.0 Å². The molecular formula is C9H8BrN3. The van der Waals surface area contributed by atoms with Gasteiger partial charge in [-0.15, -0.1) is 0 Å². The van der Waals surface area contributed by atoms with Crippen molar-refractivity contribution < 1.29 is 0 Å². The molecule has 0 aliphatic heterocycles. The number of nitrogens with one attached hydrogen (secondary N) is 2. The summed E-state index contributed by atoms with van der Waals surface area (Å²) < 4.78 is 1.05. The number of rotatable bonds is 2. The molecule has 0 saturated heterocycles. The first-order valence-corrected chi connectivity index (χ1v) is 4.66. The van der Waals surface area contributed by atoms with Gasteiger partial charge in [0, 0.05) is 16.2 Å². The molecule has 2 rings (SSSR count). The van der Waals surface area contributed by atoms with Crippen molar-refractivity contribution in [3.8, 4) is 0 Å². The summed E-state index contributed by atoms with van der Waals surface area (Å²) in [6.45, 7) is 0. The maximum atomic E-state index is 3.84. The Morgan fingerprint density at radius 1 is 1.31 bits per heavy atom. The van der Waals surface area contributed by atoms with E-state index in [0.29, 0.717) is 0 Å². The summed E-state index contributed by atoms with van der Waals surface area (Å²) >= 11 is 3.40. The predicted octanol–water partition coefficient (Wildman–Crippen LogP) is 2.92. The van der Waals surface area contributed by atoms with Crippen LogP contribution in [-0.4, -0.2) is 10.2 Å². The molecule has 0 amide bonds. The number of H-pyrrole nitrogens is 1. The zero-order chi connectivity index (χ0) is 9.10. The lowest BCUT2D eigenvalue weighted by Gasteiger charge is -2.02. The van der Waals surface area contributed by atoms with Crippen molar-refractivity contribution in [2.75, 3.05) is 5.32 Å². The van der Waals surface area contributed by atoms with Gasteiger partial charge in [0.2, 0.25) is 0 Å². The molecule has 0 atom stereocenters. The van der Waals surface area contributed by atoms with Gasteiger partial charge < -0.3 is 5.32 Å². The lowest BCUT2D eigenvalue weighted by molar-refractivity contribution is 1.09. The van der Waals surface area contributed by atoms with Crippen molar-refractivity contribution in [3.05, 3.63) is 41.0 Å². The first kappa shape index (κ1) is 8.31. The molecule has 0 spiro atoms. The molecule has 13 heavy (non-hydrogen) atoms. The smallest absolute Gasteiger partial charge is 0.125 e. The Hall–Kier alpha value is -1.29. The van der Waals surface area contributed by atoms with E-state index in [2.05, 4.69) is 31.4 Å². The molecule has 66 valence electrons. The normalized spacial score (nSPS) is 9.92. The molecule has 0 fully saturated rings. The molecule has 1 aromatic carbocycles. The molecule has 3 nitrogen and oxygen atoms in total. The van der Waals surface area contributed by atoms with Gasteiger partial charge in [0.15, 0.2) is 0 Å². The van der Waals surface area contributed by atoms with Crippen LogP contribution in [0.2, 0.25) is 0 Å². The van der Waals surface area contributed by atoms with Crippen LogP contribution in [0.1, 0.15) is 0 Å². The fourth-order valence-corrected chi connectivity index (χ4v) is 1.45. The van der Waals surface area contributed by atoms with Crippen molar-refractivity contribution in [1.82, 2.24) is 10.2 Å². The van der Waals surface area contributed by atoms with Crippen LogP contribution < -0.4 is 5.32 Å². The van der Waals surface area contributed by atoms with E-state index in [9.17, 15) is 0 Å². The van der Waals surface area contributed by atoms with Gasteiger partial charge in [-0.2, -0.15) is 5.10 Å². The Balaban J connectivity index is 2.19. The van der Waals surface area contributed by atoms with Gasteiger partial charge in [-0.05, 0) is 18.2 Å². The third kappa shape index (κ3) is 2.09. The molecule has 1 heterocycles. The molecule has 0 bridgehead atoms. The summed E-state index contributed by atoms with van der Waals surface area (Å²) in [5.74, 6) is 0.887. The first-order valence-electron chi connectivity index (χ1n) is 3.86. The summed E-state index contributed by atoms with van der Waals surface area (Å²) in [5.41, 5.74) is 1.03. The van der Waals surface area contributed by atoms with E-state index >= 15 is 0 Å². The minimum absolute atomic E-state index is 0.887. The van der Waals surface area contributed by atoms with Gasteiger partial charge in [-0.1, -0.05) is 22.0 Å². The highest BCUT2D eigenvalue weighted by Crippen LogP contribution is 2.18. The average Bonchev–Trinajstić information content (AvgIpc) is 2.57. The number of anilines is 2. The van der Waals surface area contributed by atoms with Crippen molar-refractivity contribution in [1.29, 1.82) is 0 Å². The zero-order valence-electron chi connectivity index (χ0n) is 6.79. The number of nitrogens with zero attached hydrogens (tertiary/aromatic N) is 1. The maximum Gasteiger partial charge on any atom is 0.125 e. The van der Waals surface area contributed by atoms with Crippen molar-refractivity contribution in [2.24, 2.45) is 0 Å². The van der Waals surface area contributed by atoms with Gasteiger partial charge in [0.1, 0.15) is 5.82 Å². The molecule has 2 N–H and O–H groups in total. The fraction of sp³-hybridized carbons (Fsp3) is 0. The second kappa shape index (κ2) is 3.62. The van der Waals surface area contributed by atoms with Gasteiger partial charge in [-0.3, -0.25) is 5.10 Å². The van der Waals surface area contributed by atoms with E-state index in [1.54, 1.807) is 6.20 Å². The lowest BCUT2D eigenvalue weighted by atomic mass is 10.3. The molecular weight excluding hydrogens is 230 g/mol. The van der Waals surface area contributed by atoms with Gasteiger partial charge >= 0.3 is 0 Å². The molecule has 0 aliphatic carbocycles. The predicted molar refractivity (Wildman–Crippen MR) is 56.0 cm³/mol. The number of halogens is 1. The van der Waals surface area contributed by atoms with Crippen molar-refractivity contribution in [3.63, 3.8) is 0 Å². The van der Waals surface area contributed by atoms with Crippen LogP contribution in [0.15, 0.2) is 41.0 Å². The fourth-order valence-electron chi connectivity index (χ4n) is 1.05. The molecule has 4 heteroatoms. The van der Waals surface area contributed by atoms with Crippen LogP contribution in [0.25, 0.3) is 0 Å². The third-order valence-corrected chi connectivity index (χ3v) is 2.10. The van der Waals surface area contributed by atoms with Crippen LogP contribution in [0.5, 0.6) is 0 Å². The van der Waals surface area contributed by atoms with Gasteiger partial charge in [-0.25, -0.2) is 0 Å². The maximum absolute atomic E-state index is 3.84. The van der Waals surface area contributed by atoms with Crippen LogP contribution in [0, 0.1) is 0 Å². The Labute approximate surface area is 84.3 Å². The first-order chi connectivity index (χ1) is 6.34. The summed E-state index contributed by atoms with van der Waals surface area (Å²) in [5, 5.41) is 9.85. The summed E-state index contributed by atoms with van der Waals surface area (Å²) in [4.78, 5) is 0. The lowest BCUT2D eigenvalue weighted by Crippen LogP contribution is -1.89. The number of aromatic nitrogens is 2. The van der Waals surface area contributed by atoms with Crippen molar-refractivity contribution in [2.45, 2.75) is 0 Å². The standard InChI is InChI=1S/C9H8BrN3/c10-7-2-1-3-8(6-7)12-9-4-5-11-13-9/h1-6H,(H2,11,12,13). The third-order valence-electron chi connectivity index (χ3n) is 1.60. The quantitative estimate of drug-likeness (QED) is 0.844. The monoisotopic (exact) mass is 237 g/mol. The van der Waals surface area contributed by atoms with Crippen molar-refractivity contribution >= 4 is 27.4 Å².